The second-order valence-electron chi connectivity index (χ2n) is 5.90. The SMILES string of the molecule is Cc1nc(N2CCOCC2)sc1C(=O)NNC(=S)NCc1ccc(F)cc1. The summed E-state index contributed by atoms with van der Waals surface area (Å²) in [5, 5.41) is 4.03. The molecule has 3 rings (SSSR count). The van der Waals surface area contributed by atoms with Crippen LogP contribution in [0.3, 0.4) is 0 Å². The van der Waals surface area contributed by atoms with E-state index in [9.17, 15) is 9.18 Å². The second-order valence-corrected chi connectivity index (χ2v) is 7.28. The first kappa shape index (κ1) is 19.5. The largest absolute Gasteiger partial charge is 0.378 e. The van der Waals surface area contributed by atoms with Gasteiger partial charge in [-0.2, -0.15) is 0 Å². The molecule has 1 aliphatic heterocycles. The summed E-state index contributed by atoms with van der Waals surface area (Å²) < 4.78 is 18.2. The van der Waals surface area contributed by atoms with E-state index in [4.69, 9.17) is 17.0 Å². The molecule has 0 bridgehead atoms. The van der Waals surface area contributed by atoms with Crippen molar-refractivity contribution in [1.29, 1.82) is 0 Å². The van der Waals surface area contributed by atoms with Gasteiger partial charge in [0.05, 0.1) is 18.9 Å². The molecule has 0 aliphatic carbocycles. The monoisotopic (exact) mass is 409 g/mol. The summed E-state index contributed by atoms with van der Waals surface area (Å²) >= 11 is 6.49. The maximum absolute atomic E-state index is 12.9. The molecule has 3 N–H and O–H groups in total. The predicted molar refractivity (Wildman–Crippen MR) is 106 cm³/mol. The van der Waals surface area contributed by atoms with Gasteiger partial charge >= 0.3 is 0 Å². The number of aryl methyl sites for hydroxylation is 1. The number of benzene rings is 1. The minimum Gasteiger partial charge on any atom is -0.378 e. The van der Waals surface area contributed by atoms with Gasteiger partial charge in [-0.15, -0.1) is 0 Å². The molecule has 1 aliphatic rings. The molecular weight excluding hydrogens is 389 g/mol. The maximum Gasteiger partial charge on any atom is 0.281 e. The number of carbonyl (C=O) groups excluding carboxylic acids is 1. The third-order valence-corrected chi connectivity index (χ3v) is 5.39. The van der Waals surface area contributed by atoms with E-state index in [1.807, 2.05) is 0 Å². The Balaban J connectivity index is 1.49. The Morgan fingerprint density at radius 2 is 2.00 bits per heavy atom. The minimum absolute atomic E-state index is 0.267. The molecule has 7 nitrogen and oxygen atoms in total. The third kappa shape index (κ3) is 5.34. The molecule has 1 aromatic heterocycles. The number of rotatable bonds is 4. The fourth-order valence-corrected chi connectivity index (χ4v) is 3.62. The summed E-state index contributed by atoms with van der Waals surface area (Å²) in [5.74, 6) is -0.585. The highest BCUT2D eigenvalue weighted by Gasteiger charge is 2.20. The predicted octanol–water partition coefficient (Wildman–Crippen LogP) is 1.74. The number of thiocarbonyl (C=S) groups is 1. The van der Waals surface area contributed by atoms with Crippen LogP contribution in [0, 0.1) is 12.7 Å². The van der Waals surface area contributed by atoms with Crippen molar-refractivity contribution >= 4 is 39.7 Å². The fourth-order valence-electron chi connectivity index (χ4n) is 2.48. The van der Waals surface area contributed by atoms with Gasteiger partial charge in [0.1, 0.15) is 10.7 Å². The topological polar surface area (TPSA) is 78.5 Å². The molecule has 1 saturated heterocycles. The molecule has 0 atom stereocenters. The number of nitrogens with zero attached hydrogens (tertiary/aromatic N) is 2. The van der Waals surface area contributed by atoms with Crippen LogP contribution in [0.2, 0.25) is 0 Å². The van der Waals surface area contributed by atoms with E-state index < -0.39 is 0 Å². The van der Waals surface area contributed by atoms with Crippen LogP contribution in [-0.2, 0) is 11.3 Å². The van der Waals surface area contributed by atoms with Crippen LogP contribution in [0.1, 0.15) is 20.9 Å². The van der Waals surface area contributed by atoms with Crippen molar-refractivity contribution in [2.75, 3.05) is 31.2 Å². The first-order chi connectivity index (χ1) is 13.0. The first-order valence-corrected chi connectivity index (χ1v) is 9.64. The summed E-state index contributed by atoms with van der Waals surface area (Å²) in [7, 11) is 0. The maximum atomic E-state index is 12.9. The molecule has 1 aromatic carbocycles. The molecule has 0 radical (unpaired) electrons. The number of hydrogen-bond acceptors (Lipinski definition) is 6. The van der Waals surface area contributed by atoms with Crippen LogP contribution < -0.4 is 21.1 Å². The lowest BCUT2D eigenvalue weighted by Crippen LogP contribution is -2.46. The number of morpholine rings is 1. The van der Waals surface area contributed by atoms with Gasteiger partial charge in [-0.25, -0.2) is 9.37 Å². The fraction of sp³-hybridized carbons (Fsp3) is 0.353. The summed E-state index contributed by atoms with van der Waals surface area (Å²) in [6.45, 7) is 5.09. The number of amides is 1. The number of anilines is 1. The van der Waals surface area contributed by atoms with Gasteiger partial charge in [-0.3, -0.25) is 15.6 Å². The highest BCUT2D eigenvalue weighted by molar-refractivity contribution is 7.80. The molecule has 2 aromatic rings. The Kier molecular flexibility index (Phi) is 6.54. The zero-order valence-electron chi connectivity index (χ0n) is 14.8. The highest BCUT2D eigenvalue weighted by atomic mass is 32.1. The molecule has 1 fully saturated rings. The second kappa shape index (κ2) is 9.07. The molecule has 27 heavy (non-hydrogen) atoms. The average Bonchev–Trinajstić information content (AvgIpc) is 3.08. The van der Waals surface area contributed by atoms with E-state index in [2.05, 4.69) is 26.1 Å². The van der Waals surface area contributed by atoms with Crippen molar-refractivity contribution in [3.8, 4) is 0 Å². The standard InChI is InChI=1S/C17H20FN5O2S2/c1-11-14(27-17(20-11)23-6-8-25-9-7-23)15(24)21-22-16(26)19-10-12-2-4-13(18)5-3-12/h2-5H,6-10H2,1H3,(H,21,24)(H2,19,22,26). The molecule has 1 amide bonds. The third-order valence-electron chi connectivity index (χ3n) is 3.93. The molecule has 10 heteroatoms. The summed E-state index contributed by atoms with van der Waals surface area (Å²) in [6, 6.07) is 6.09. The van der Waals surface area contributed by atoms with E-state index in [1.54, 1.807) is 19.1 Å². The number of aromatic nitrogens is 1. The molecule has 0 spiro atoms. The van der Waals surface area contributed by atoms with Crippen LogP contribution in [0.5, 0.6) is 0 Å². The van der Waals surface area contributed by atoms with Crippen molar-refractivity contribution in [2.24, 2.45) is 0 Å². The van der Waals surface area contributed by atoms with Gasteiger partial charge in [0.2, 0.25) is 0 Å². The highest BCUT2D eigenvalue weighted by Crippen LogP contribution is 2.26. The van der Waals surface area contributed by atoms with Crippen LogP contribution >= 0.6 is 23.6 Å². The lowest BCUT2D eigenvalue weighted by Gasteiger charge is -2.25. The quantitative estimate of drug-likeness (QED) is 0.524. The Bertz CT molecular complexity index is 806. The first-order valence-electron chi connectivity index (χ1n) is 8.41. The van der Waals surface area contributed by atoms with Gasteiger partial charge in [0, 0.05) is 19.6 Å². The average molecular weight is 410 g/mol. The number of thiazole rings is 1. The van der Waals surface area contributed by atoms with Gasteiger partial charge in [-0.1, -0.05) is 23.5 Å². The van der Waals surface area contributed by atoms with Crippen molar-refractivity contribution in [2.45, 2.75) is 13.5 Å². The van der Waals surface area contributed by atoms with E-state index in [1.165, 1.54) is 23.5 Å². The van der Waals surface area contributed by atoms with Gasteiger partial charge in [0.25, 0.3) is 5.91 Å². The molecule has 144 valence electrons. The molecule has 2 heterocycles. The summed E-state index contributed by atoms with van der Waals surface area (Å²) in [6.07, 6.45) is 0. The molecule has 0 unspecified atom stereocenters. The number of halogens is 1. The van der Waals surface area contributed by atoms with Crippen LogP contribution in [0.15, 0.2) is 24.3 Å². The van der Waals surface area contributed by atoms with Gasteiger partial charge < -0.3 is 15.0 Å². The number of nitrogens with one attached hydrogen (secondary N) is 3. The zero-order chi connectivity index (χ0) is 19.2. The number of ether oxygens (including phenoxy) is 1. The van der Waals surface area contributed by atoms with Crippen molar-refractivity contribution in [3.05, 3.63) is 46.2 Å². The lowest BCUT2D eigenvalue weighted by molar-refractivity contribution is 0.0947. The lowest BCUT2D eigenvalue weighted by atomic mass is 10.2. The Hall–Kier alpha value is -2.30. The van der Waals surface area contributed by atoms with E-state index in [0.717, 1.165) is 23.8 Å². The van der Waals surface area contributed by atoms with Crippen molar-refractivity contribution in [3.63, 3.8) is 0 Å². The summed E-state index contributed by atoms with van der Waals surface area (Å²) in [4.78, 5) is 19.5. The van der Waals surface area contributed by atoms with E-state index in [0.29, 0.717) is 30.3 Å². The van der Waals surface area contributed by atoms with E-state index >= 15 is 0 Å². The smallest absolute Gasteiger partial charge is 0.281 e. The van der Waals surface area contributed by atoms with E-state index in [-0.39, 0.29) is 16.8 Å². The molecule has 0 saturated carbocycles. The van der Waals surface area contributed by atoms with Crippen molar-refractivity contribution in [1.82, 2.24) is 21.2 Å². The van der Waals surface area contributed by atoms with Crippen LogP contribution in [0.4, 0.5) is 9.52 Å². The van der Waals surface area contributed by atoms with Gasteiger partial charge in [-0.05, 0) is 36.8 Å². The van der Waals surface area contributed by atoms with Crippen LogP contribution in [-0.4, -0.2) is 42.3 Å². The number of hydrazine groups is 1. The Morgan fingerprint density at radius 1 is 1.30 bits per heavy atom. The summed E-state index contributed by atoms with van der Waals surface area (Å²) in [5.41, 5.74) is 6.79. The van der Waals surface area contributed by atoms with Crippen LogP contribution in [0.25, 0.3) is 0 Å². The van der Waals surface area contributed by atoms with Crippen molar-refractivity contribution < 1.29 is 13.9 Å². The van der Waals surface area contributed by atoms with Gasteiger partial charge in [0.15, 0.2) is 10.2 Å². The normalized spacial score (nSPS) is 13.9. The number of carbonyl (C=O) groups is 1. The number of hydrogen-bond donors (Lipinski definition) is 3. The molecular formula is C17H20FN5O2S2. The minimum atomic E-state index is -0.296. The Morgan fingerprint density at radius 3 is 2.70 bits per heavy atom. The Labute approximate surface area is 165 Å². The zero-order valence-corrected chi connectivity index (χ0v) is 16.4.